The molecule has 1 aliphatic rings. The molecule has 0 saturated heterocycles. The maximum atomic E-state index is 11.1. The summed E-state index contributed by atoms with van der Waals surface area (Å²) in [4.78, 5) is 25.7. The van der Waals surface area contributed by atoms with Crippen LogP contribution in [0, 0.1) is 5.92 Å². The standard InChI is InChI=1S/C18H27N5O2/c1-4-11(2)9-23-15(10-25-22-12(3)24)21-16-17(23)13-7-5-6-8-14(13)20-18(16)19/h11H,4-10H2,1-3H3,(H2,19,20)(H,22,24). The van der Waals surface area contributed by atoms with E-state index in [1.54, 1.807) is 0 Å². The number of aromatic nitrogens is 3. The minimum absolute atomic E-state index is 0.207. The van der Waals surface area contributed by atoms with E-state index in [1.165, 1.54) is 18.9 Å². The molecular formula is C18H27N5O2. The van der Waals surface area contributed by atoms with Gasteiger partial charge in [0.15, 0.2) is 5.82 Å². The number of rotatable bonds is 6. The van der Waals surface area contributed by atoms with Gasteiger partial charge in [0.05, 0.1) is 5.52 Å². The molecule has 0 saturated carbocycles. The molecule has 0 aliphatic heterocycles. The fraction of sp³-hybridized carbons (Fsp3) is 0.611. The van der Waals surface area contributed by atoms with Crippen LogP contribution in [0.3, 0.4) is 0 Å². The van der Waals surface area contributed by atoms with Crippen molar-refractivity contribution in [2.45, 2.75) is 66.0 Å². The fourth-order valence-corrected chi connectivity index (χ4v) is 3.40. The van der Waals surface area contributed by atoms with Crippen LogP contribution in [0.15, 0.2) is 0 Å². The van der Waals surface area contributed by atoms with Crippen LogP contribution >= 0.6 is 0 Å². The normalized spacial score (nSPS) is 15.2. The Morgan fingerprint density at radius 2 is 2.12 bits per heavy atom. The van der Waals surface area contributed by atoms with Crippen molar-refractivity contribution in [1.82, 2.24) is 20.0 Å². The average Bonchev–Trinajstić information content (AvgIpc) is 2.94. The van der Waals surface area contributed by atoms with E-state index in [-0.39, 0.29) is 12.5 Å². The van der Waals surface area contributed by atoms with Gasteiger partial charge in [0, 0.05) is 19.2 Å². The number of hydrogen-bond acceptors (Lipinski definition) is 5. The van der Waals surface area contributed by atoms with Crippen molar-refractivity contribution >= 4 is 22.8 Å². The van der Waals surface area contributed by atoms with Crippen LogP contribution in [0.2, 0.25) is 0 Å². The Kier molecular flexibility index (Phi) is 5.22. The molecule has 0 radical (unpaired) electrons. The summed E-state index contributed by atoms with van der Waals surface area (Å²) in [6.07, 6.45) is 5.39. The maximum Gasteiger partial charge on any atom is 0.240 e. The number of nitrogens with one attached hydrogen (secondary N) is 1. The van der Waals surface area contributed by atoms with Crippen LogP contribution in [0.4, 0.5) is 5.82 Å². The van der Waals surface area contributed by atoms with Crippen LogP contribution in [0.25, 0.3) is 11.0 Å². The number of nitrogens with two attached hydrogens (primary N) is 1. The molecule has 1 aliphatic carbocycles. The number of hydroxylamine groups is 1. The third kappa shape index (κ3) is 3.61. The van der Waals surface area contributed by atoms with Gasteiger partial charge in [-0.25, -0.2) is 15.4 Å². The largest absolute Gasteiger partial charge is 0.382 e. The van der Waals surface area contributed by atoms with Crippen molar-refractivity contribution in [2.75, 3.05) is 5.73 Å². The molecule has 1 unspecified atom stereocenters. The smallest absolute Gasteiger partial charge is 0.240 e. The number of hydrogen-bond donors (Lipinski definition) is 2. The average molecular weight is 345 g/mol. The highest BCUT2D eigenvalue weighted by Gasteiger charge is 2.23. The number of fused-ring (bicyclic) bond motifs is 3. The summed E-state index contributed by atoms with van der Waals surface area (Å²) in [7, 11) is 0. The van der Waals surface area contributed by atoms with Gasteiger partial charge >= 0.3 is 0 Å². The molecule has 136 valence electrons. The maximum absolute atomic E-state index is 11.1. The van der Waals surface area contributed by atoms with E-state index in [0.717, 1.165) is 54.8 Å². The number of carbonyl (C=O) groups excluding carboxylic acids is 1. The van der Waals surface area contributed by atoms with Gasteiger partial charge < -0.3 is 10.3 Å². The van der Waals surface area contributed by atoms with Gasteiger partial charge in [-0.05, 0) is 37.2 Å². The van der Waals surface area contributed by atoms with E-state index >= 15 is 0 Å². The SMILES string of the molecule is CCC(C)Cn1c(CONC(C)=O)nc2c(N)nc3c(c21)CCCC3. The zero-order valence-corrected chi connectivity index (χ0v) is 15.3. The van der Waals surface area contributed by atoms with Gasteiger partial charge in [0.25, 0.3) is 0 Å². The summed E-state index contributed by atoms with van der Waals surface area (Å²) in [5.41, 5.74) is 12.8. The zero-order chi connectivity index (χ0) is 18.0. The highest BCUT2D eigenvalue weighted by molar-refractivity contribution is 5.89. The number of carbonyl (C=O) groups is 1. The lowest BCUT2D eigenvalue weighted by atomic mass is 9.94. The van der Waals surface area contributed by atoms with E-state index in [0.29, 0.717) is 11.7 Å². The summed E-state index contributed by atoms with van der Waals surface area (Å²) in [5.74, 6) is 1.53. The molecular weight excluding hydrogens is 318 g/mol. The molecule has 2 aromatic heterocycles. The second-order valence-electron chi connectivity index (χ2n) is 6.93. The highest BCUT2D eigenvalue weighted by Crippen LogP contribution is 2.32. The predicted octanol–water partition coefficient (Wildman–Crippen LogP) is 2.51. The quantitative estimate of drug-likeness (QED) is 0.784. The molecule has 3 N–H and O–H groups in total. The second kappa shape index (κ2) is 7.39. The molecule has 7 nitrogen and oxygen atoms in total. The first-order chi connectivity index (χ1) is 12.0. The van der Waals surface area contributed by atoms with Gasteiger partial charge in [-0.2, -0.15) is 0 Å². The Hall–Kier alpha value is -2.15. The summed E-state index contributed by atoms with van der Waals surface area (Å²) in [6, 6.07) is 0. The number of anilines is 1. The van der Waals surface area contributed by atoms with Crippen molar-refractivity contribution in [1.29, 1.82) is 0 Å². The number of nitrogen functional groups attached to an aromatic ring is 1. The van der Waals surface area contributed by atoms with Crippen LogP contribution in [0.1, 0.15) is 57.1 Å². The van der Waals surface area contributed by atoms with Crippen LogP contribution in [-0.2, 0) is 35.6 Å². The Morgan fingerprint density at radius 1 is 1.36 bits per heavy atom. The Bertz CT molecular complexity index is 784. The van der Waals surface area contributed by atoms with Crippen molar-refractivity contribution in [3.63, 3.8) is 0 Å². The molecule has 0 spiro atoms. The zero-order valence-electron chi connectivity index (χ0n) is 15.3. The molecule has 2 aromatic rings. The highest BCUT2D eigenvalue weighted by atomic mass is 16.7. The first-order valence-corrected chi connectivity index (χ1v) is 9.06. The lowest BCUT2D eigenvalue weighted by Crippen LogP contribution is -2.21. The Morgan fingerprint density at radius 3 is 2.84 bits per heavy atom. The fourth-order valence-electron chi connectivity index (χ4n) is 3.40. The monoisotopic (exact) mass is 345 g/mol. The summed E-state index contributed by atoms with van der Waals surface area (Å²) in [6.45, 7) is 6.88. The lowest BCUT2D eigenvalue weighted by molar-refractivity contribution is -0.132. The van der Waals surface area contributed by atoms with Crippen LogP contribution in [0.5, 0.6) is 0 Å². The first-order valence-electron chi connectivity index (χ1n) is 9.06. The van der Waals surface area contributed by atoms with Crippen molar-refractivity contribution in [2.24, 2.45) is 5.92 Å². The van der Waals surface area contributed by atoms with E-state index in [2.05, 4.69) is 28.9 Å². The van der Waals surface area contributed by atoms with E-state index in [9.17, 15) is 4.79 Å². The van der Waals surface area contributed by atoms with Crippen molar-refractivity contribution < 1.29 is 9.63 Å². The number of nitrogens with zero attached hydrogens (tertiary/aromatic N) is 3. The van der Waals surface area contributed by atoms with E-state index in [4.69, 9.17) is 15.6 Å². The molecule has 0 fully saturated rings. The van der Waals surface area contributed by atoms with E-state index < -0.39 is 0 Å². The molecule has 2 heterocycles. The number of aryl methyl sites for hydroxylation is 2. The summed E-state index contributed by atoms with van der Waals surface area (Å²) in [5, 5.41) is 0. The predicted molar refractivity (Wildman–Crippen MR) is 96.6 cm³/mol. The molecule has 3 rings (SSSR count). The van der Waals surface area contributed by atoms with Crippen molar-refractivity contribution in [3.8, 4) is 0 Å². The first kappa shape index (κ1) is 17.7. The number of pyridine rings is 1. The van der Waals surface area contributed by atoms with Gasteiger partial charge in [0.2, 0.25) is 5.91 Å². The molecule has 0 bridgehead atoms. The van der Waals surface area contributed by atoms with Gasteiger partial charge in [-0.3, -0.25) is 9.63 Å². The van der Waals surface area contributed by atoms with Gasteiger partial charge in [-0.1, -0.05) is 20.3 Å². The van der Waals surface area contributed by atoms with E-state index in [1.807, 2.05) is 0 Å². The minimum Gasteiger partial charge on any atom is -0.382 e. The Labute approximate surface area is 147 Å². The van der Waals surface area contributed by atoms with Gasteiger partial charge in [-0.15, -0.1) is 0 Å². The molecule has 7 heteroatoms. The minimum atomic E-state index is -0.233. The number of imidazole rings is 1. The lowest BCUT2D eigenvalue weighted by Gasteiger charge is -2.20. The topological polar surface area (TPSA) is 95.1 Å². The molecule has 1 amide bonds. The van der Waals surface area contributed by atoms with Crippen LogP contribution < -0.4 is 11.2 Å². The third-order valence-corrected chi connectivity index (χ3v) is 4.88. The molecule has 25 heavy (non-hydrogen) atoms. The van der Waals surface area contributed by atoms with Crippen molar-refractivity contribution in [3.05, 3.63) is 17.1 Å². The summed E-state index contributed by atoms with van der Waals surface area (Å²) >= 11 is 0. The third-order valence-electron chi connectivity index (χ3n) is 4.88. The summed E-state index contributed by atoms with van der Waals surface area (Å²) < 4.78 is 2.22. The second-order valence-corrected chi connectivity index (χ2v) is 6.93. The molecule has 0 aromatic carbocycles. The molecule has 1 atom stereocenters. The number of amides is 1. The van der Waals surface area contributed by atoms with Gasteiger partial charge in [0.1, 0.15) is 17.9 Å². The van der Waals surface area contributed by atoms with Crippen LogP contribution in [-0.4, -0.2) is 20.4 Å². The Balaban J connectivity index is 2.09.